The van der Waals surface area contributed by atoms with Gasteiger partial charge in [0.2, 0.25) is 0 Å². The lowest BCUT2D eigenvalue weighted by molar-refractivity contribution is 0.223. The largest absolute Gasteiger partial charge is 0.380 e. The first-order valence-electron chi connectivity index (χ1n) is 4.90. The molecule has 0 spiro atoms. The van der Waals surface area contributed by atoms with Gasteiger partial charge in [0, 0.05) is 39.8 Å². The molecule has 0 saturated carbocycles. The molecule has 0 aromatic heterocycles. The van der Waals surface area contributed by atoms with Crippen LogP contribution >= 0.6 is 0 Å². The summed E-state index contributed by atoms with van der Waals surface area (Å²) in [6.07, 6.45) is 2.26. The molecule has 76 valence electrons. The minimum absolute atomic E-state index is 0.756. The second-order valence-electron chi connectivity index (χ2n) is 3.53. The number of hydrogen-bond donors (Lipinski definition) is 1. The molecule has 1 N–H and O–H groups in total. The van der Waals surface area contributed by atoms with Gasteiger partial charge in [-0.15, -0.1) is 0 Å². The van der Waals surface area contributed by atoms with Crippen LogP contribution in [-0.2, 0) is 4.74 Å². The van der Waals surface area contributed by atoms with Gasteiger partial charge in [0.1, 0.15) is 0 Å². The lowest BCUT2D eigenvalue weighted by atomic mass is 10.2. The molecule has 1 heterocycles. The molecule has 0 radical (unpaired) electrons. The van der Waals surface area contributed by atoms with Crippen LogP contribution in [0.15, 0.2) is 11.6 Å². The maximum Gasteiger partial charge on any atom is 0.0670 e. The summed E-state index contributed by atoms with van der Waals surface area (Å²) < 4.78 is 5.04. The maximum atomic E-state index is 5.04. The van der Waals surface area contributed by atoms with Crippen molar-refractivity contribution >= 4 is 0 Å². The van der Waals surface area contributed by atoms with E-state index >= 15 is 0 Å². The number of hydrogen-bond acceptors (Lipinski definition) is 3. The van der Waals surface area contributed by atoms with Gasteiger partial charge in [-0.2, -0.15) is 0 Å². The molecule has 0 bridgehead atoms. The summed E-state index contributed by atoms with van der Waals surface area (Å²) in [5, 5.41) is 3.34. The van der Waals surface area contributed by atoms with E-state index in [-0.39, 0.29) is 0 Å². The van der Waals surface area contributed by atoms with Crippen molar-refractivity contribution < 1.29 is 4.74 Å². The third kappa shape index (κ3) is 4.41. The van der Waals surface area contributed by atoms with E-state index in [1.54, 1.807) is 7.11 Å². The molecule has 3 nitrogen and oxygen atoms in total. The van der Waals surface area contributed by atoms with Gasteiger partial charge in [-0.25, -0.2) is 0 Å². The Kier molecular flexibility index (Phi) is 5.05. The summed E-state index contributed by atoms with van der Waals surface area (Å²) in [5.41, 5.74) is 1.32. The van der Waals surface area contributed by atoms with Crippen molar-refractivity contribution in [1.82, 2.24) is 10.2 Å². The lowest BCUT2D eigenvalue weighted by Gasteiger charge is -2.26. The number of methoxy groups -OCH3 is 1. The highest BCUT2D eigenvalue weighted by molar-refractivity contribution is 4.99. The Bertz CT molecular complexity index is 162. The Morgan fingerprint density at radius 3 is 2.77 bits per heavy atom. The van der Waals surface area contributed by atoms with E-state index in [1.165, 1.54) is 5.57 Å². The minimum Gasteiger partial charge on any atom is -0.380 e. The van der Waals surface area contributed by atoms with Crippen molar-refractivity contribution in [1.29, 1.82) is 0 Å². The van der Waals surface area contributed by atoms with E-state index in [0.29, 0.717) is 0 Å². The molecule has 1 saturated heterocycles. The number of nitrogens with one attached hydrogen (secondary N) is 1. The number of nitrogens with zero attached hydrogens (tertiary/aromatic N) is 1. The summed E-state index contributed by atoms with van der Waals surface area (Å²) in [6.45, 7) is 8.51. The van der Waals surface area contributed by atoms with E-state index < -0.39 is 0 Å². The lowest BCUT2D eigenvalue weighted by Crippen LogP contribution is -2.43. The predicted octanol–water partition coefficient (Wildman–Crippen LogP) is 0.484. The second kappa shape index (κ2) is 6.13. The molecule has 0 amide bonds. The van der Waals surface area contributed by atoms with Crippen LogP contribution in [0.4, 0.5) is 0 Å². The van der Waals surface area contributed by atoms with Gasteiger partial charge in [0.15, 0.2) is 0 Å². The first-order valence-corrected chi connectivity index (χ1v) is 4.90. The molecule has 0 aromatic rings. The SMILES string of the molecule is COC/C(C)=C/CN1CCNCC1. The molecular weight excluding hydrogens is 164 g/mol. The summed E-state index contributed by atoms with van der Waals surface area (Å²) in [6, 6.07) is 0. The molecule has 0 aliphatic carbocycles. The summed E-state index contributed by atoms with van der Waals surface area (Å²) in [4.78, 5) is 2.45. The number of ether oxygens (including phenoxy) is 1. The highest BCUT2D eigenvalue weighted by Crippen LogP contribution is 1.96. The van der Waals surface area contributed by atoms with Gasteiger partial charge in [-0.05, 0) is 6.92 Å². The van der Waals surface area contributed by atoms with Crippen LogP contribution in [0.3, 0.4) is 0 Å². The van der Waals surface area contributed by atoms with E-state index in [0.717, 1.165) is 39.3 Å². The van der Waals surface area contributed by atoms with Crippen LogP contribution < -0.4 is 5.32 Å². The fourth-order valence-corrected chi connectivity index (χ4v) is 1.47. The molecule has 3 heteroatoms. The van der Waals surface area contributed by atoms with E-state index in [2.05, 4.69) is 23.2 Å². The third-order valence-corrected chi connectivity index (χ3v) is 2.28. The monoisotopic (exact) mass is 184 g/mol. The van der Waals surface area contributed by atoms with Crippen LogP contribution in [0.1, 0.15) is 6.92 Å². The Morgan fingerprint density at radius 2 is 2.15 bits per heavy atom. The first kappa shape index (κ1) is 10.7. The zero-order chi connectivity index (χ0) is 9.52. The molecular formula is C10H20N2O. The van der Waals surface area contributed by atoms with Crippen molar-refractivity contribution in [2.75, 3.05) is 46.4 Å². The van der Waals surface area contributed by atoms with Crippen molar-refractivity contribution in [3.63, 3.8) is 0 Å². The number of piperazine rings is 1. The van der Waals surface area contributed by atoms with E-state index in [1.807, 2.05) is 0 Å². The average Bonchev–Trinajstić information content (AvgIpc) is 2.17. The maximum absolute atomic E-state index is 5.04. The average molecular weight is 184 g/mol. The van der Waals surface area contributed by atoms with Gasteiger partial charge < -0.3 is 10.1 Å². The van der Waals surface area contributed by atoms with E-state index in [9.17, 15) is 0 Å². The normalized spacial score (nSPS) is 20.6. The predicted molar refractivity (Wildman–Crippen MR) is 54.9 cm³/mol. The summed E-state index contributed by atoms with van der Waals surface area (Å²) in [7, 11) is 1.74. The van der Waals surface area contributed by atoms with Crippen LogP contribution in [0.2, 0.25) is 0 Å². The summed E-state index contributed by atoms with van der Waals surface area (Å²) in [5.74, 6) is 0. The molecule has 13 heavy (non-hydrogen) atoms. The van der Waals surface area contributed by atoms with Gasteiger partial charge in [-0.3, -0.25) is 4.90 Å². The van der Waals surface area contributed by atoms with Gasteiger partial charge in [0.25, 0.3) is 0 Å². The Hall–Kier alpha value is -0.380. The molecule has 0 atom stereocenters. The molecule has 0 aromatic carbocycles. The van der Waals surface area contributed by atoms with Crippen molar-refractivity contribution in [2.45, 2.75) is 6.92 Å². The van der Waals surface area contributed by atoms with Gasteiger partial charge in [-0.1, -0.05) is 11.6 Å². The first-order chi connectivity index (χ1) is 6.33. The molecule has 1 aliphatic rings. The Labute approximate surface area is 80.8 Å². The Balaban J connectivity index is 2.19. The third-order valence-electron chi connectivity index (χ3n) is 2.28. The highest BCUT2D eigenvalue weighted by Gasteiger charge is 2.06. The van der Waals surface area contributed by atoms with Gasteiger partial charge in [0.05, 0.1) is 6.61 Å². The van der Waals surface area contributed by atoms with Crippen LogP contribution in [0.5, 0.6) is 0 Å². The minimum atomic E-state index is 0.756. The zero-order valence-electron chi connectivity index (χ0n) is 8.68. The number of rotatable bonds is 4. The smallest absolute Gasteiger partial charge is 0.0670 e. The van der Waals surface area contributed by atoms with Crippen LogP contribution in [0.25, 0.3) is 0 Å². The Morgan fingerprint density at radius 1 is 1.46 bits per heavy atom. The highest BCUT2D eigenvalue weighted by atomic mass is 16.5. The summed E-state index contributed by atoms with van der Waals surface area (Å²) >= 11 is 0. The molecule has 0 unspecified atom stereocenters. The van der Waals surface area contributed by atoms with Crippen molar-refractivity contribution in [3.8, 4) is 0 Å². The zero-order valence-corrected chi connectivity index (χ0v) is 8.68. The molecule has 1 rings (SSSR count). The quantitative estimate of drug-likeness (QED) is 0.643. The standard InChI is InChI=1S/C10H20N2O/c1-10(9-13-2)3-6-12-7-4-11-5-8-12/h3,11H,4-9H2,1-2H3/b10-3+. The van der Waals surface area contributed by atoms with Crippen LogP contribution in [-0.4, -0.2) is 51.3 Å². The fourth-order valence-electron chi connectivity index (χ4n) is 1.47. The topological polar surface area (TPSA) is 24.5 Å². The van der Waals surface area contributed by atoms with Gasteiger partial charge >= 0.3 is 0 Å². The van der Waals surface area contributed by atoms with E-state index in [4.69, 9.17) is 4.74 Å². The second-order valence-corrected chi connectivity index (χ2v) is 3.53. The van der Waals surface area contributed by atoms with Crippen LogP contribution in [0, 0.1) is 0 Å². The molecule has 1 fully saturated rings. The van der Waals surface area contributed by atoms with Crippen molar-refractivity contribution in [3.05, 3.63) is 11.6 Å². The molecule has 1 aliphatic heterocycles. The van der Waals surface area contributed by atoms with Crippen molar-refractivity contribution in [2.24, 2.45) is 0 Å². The fraction of sp³-hybridized carbons (Fsp3) is 0.800.